The van der Waals surface area contributed by atoms with Crippen LogP contribution in [0.5, 0.6) is 0 Å². The van der Waals surface area contributed by atoms with E-state index in [4.69, 9.17) is 0 Å². The molecular formula is C19H26N4O3. The van der Waals surface area contributed by atoms with Crippen LogP contribution < -0.4 is 0 Å². The molecule has 4 rings (SSSR count). The minimum absolute atomic E-state index is 0.0799. The molecule has 0 saturated carbocycles. The number of β-amino-alcohol motifs (C(OH)–C–C–N with tert-alkyl or cyclic N) is 1. The average molecular weight is 358 g/mol. The van der Waals surface area contributed by atoms with Crippen molar-refractivity contribution in [3.8, 4) is 0 Å². The van der Waals surface area contributed by atoms with Gasteiger partial charge in [-0.1, -0.05) is 19.4 Å². The number of aliphatic hydroxyl groups is 1. The molecule has 26 heavy (non-hydrogen) atoms. The molecule has 1 aromatic rings. The number of piperazine rings is 1. The molecule has 0 bridgehead atoms. The number of fused-ring (bicyclic) bond motifs is 2. The zero-order chi connectivity index (χ0) is 18.3. The van der Waals surface area contributed by atoms with Crippen molar-refractivity contribution in [2.45, 2.75) is 50.4 Å². The molecule has 2 atom stereocenters. The van der Waals surface area contributed by atoms with E-state index in [1.807, 2.05) is 23.2 Å². The Morgan fingerprint density at radius 2 is 2.15 bits per heavy atom. The fourth-order valence-corrected chi connectivity index (χ4v) is 4.58. The van der Waals surface area contributed by atoms with Crippen LogP contribution in [0.15, 0.2) is 24.5 Å². The number of unbranched alkanes of at least 4 members (excludes halogenated alkanes) is 1. The Hall–Kier alpha value is -1.83. The summed E-state index contributed by atoms with van der Waals surface area (Å²) in [6, 6.07) is 3.58. The van der Waals surface area contributed by atoms with Gasteiger partial charge in [0, 0.05) is 45.1 Å². The van der Waals surface area contributed by atoms with Crippen LogP contribution in [0.25, 0.3) is 0 Å². The van der Waals surface area contributed by atoms with Crippen LogP contribution in [0.3, 0.4) is 0 Å². The number of amides is 2. The number of hydrogen-bond donors (Lipinski definition) is 1. The molecule has 1 N–H and O–H groups in total. The fourth-order valence-electron chi connectivity index (χ4n) is 4.58. The lowest BCUT2D eigenvalue weighted by molar-refractivity contribution is -0.180. The maximum absolute atomic E-state index is 13.2. The Morgan fingerprint density at radius 3 is 2.85 bits per heavy atom. The Labute approximate surface area is 153 Å². The van der Waals surface area contributed by atoms with E-state index < -0.39 is 11.6 Å². The number of aromatic nitrogens is 1. The van der Waals surface area contributed by atoms with Crippen LogP contribution in [0, 0.1) is 0 Å². The van der Waals surface area contributed by atoms with Gasteiger partial charge in [-0.25, -0.2) is 0 Å². The number of nitrogens with zero attached hydrogens (tertiary/aromatic N) is 4. The number of carbonyl (C=O) groups is 2. The zero-order valence-electron chi connectivity index (χ0n) is 15.2. The van der Waals surface area contributed by atoms with E-state index in [1.165, 1.54) is 4.90 Å². The van der Waals surface area contributed by atoms with Crippen LogP contribution in [-0.2, 0) is 16.1 Å². The third-order valence-electron chi connectivity index (χ3n) is 5.86. The highest BCUT2D eigenvalue weighted by Crippen LogP contribution is 2.40. The Kier molecular flexibility index (Phi) is 4.54. The zero-order valence-corrected chi connectivity index (χ0v) is 15.2. The Bertz CT molecular complexity index is 689. The lowest BCUT2D eigenvalue weighted by Crippen LogP contribution is -2.81. The second kappa shape index (κ2) is 6.72. The first-order valence-electron chi connectivity index (χ1n) is 9.47. The molecule has 7 heteroatoms. The van der Waals surface area contributed by atoms with Gasteiger partial charge in [-0.3, -0.25) is 29.3 Å². The summed E-state index contributed by atoms with van der Waals surface area (Å²) in [6.07, 6.45) is 5.24. The lowest BCUT2D eigenvalue weighted by Gasteiger charge is -2.58. The predicted molar refractivity (Wildman–Crippen MR) is 95.0 cm³/mol. The summed E-state index contributed by atoms with van der Waals surface area (Å²) < 4.78 is 0. The molecule has 0 radical (unpaired) electrons. The summed E-state index contributed by atoms with van der Waals surface area (Å²) in [5.74, 6) is -0.208. The van der Waals surface area contributed by atoms with Gasteiger partial charge in [0.2, 0.25) is 5.91 Å². The molecule has 0 aliphatic carbocycles. The number of hydrogen-bond acceptors (Lipinski definition) is 6. The summed E-state index contributed by atoms with van der Waals surface area (Å²) in [4.78, 5) is 35.8. The summed E-state index contributed by atoms with van der Waals surface area (Å²) in [7, 11) is 0. The summed E-state index contributed by atoms with van der Waals surface area (Å²) >= 11 is 0. The van der Waals surface area contributed by atoms with Gasteiger partial charge in [0.1, 0.15) is 5.54 Å². The first kappa shape index (κ1) is 17.6. The molecule has 3 aliphatic rings. The molecule has 1 spiro atoms. The number of rotatable bonds is 5. The Balaban J connectivity index is 1.54. The van der Waals surface area contributed by atoms with Gasteiger partial charge in [-0.05, 0) is 24.5 Å². The fraction of sp³-hybridized carbons (Fsp3) is 0.632. The van der Waals surface area contributed by atoms with Crippen molar-refractivity contribution in [2.24, 2.45) is 0 Å². The highest BCUT2D eigenvalue weighted by atomic mass is 16.3. The van der Waals surface area contributed by atoms with Gasteiger partial charge in [0.05, 0.1) is 12.1 Å². The molecule has 4 heterocycles. The van der Waals surface area contributed by atoms with Crippen LogP contribution >= 0.6 is 0 Å². The average Bonchev–Trinajstić information content (AvgIpc) is 3.00. The molecule has 3 fully saturated rings. The molecule has 3 aliphatic heterocycles. The second-order valence-electron chi connectivity index (χ2n) is 7.74. The molecule has 7 nitrogen and oxygen atoms in total. The molecule has 3 saturated heterocycles. The van der Waals surface area contributed by atoms with E-state index in [2.05, 4.69) is 16.8 Å². The maximum atomic E-state index is 13.2. The topological polar surface area (TPSA) is 77.0 Å². The van der Waals surface area contributed by atoms with Crippen molar-refractivity contribution in [2.75, 3.05) is 26.2 Å². The van der Waals surface area contributed by atoms with Crippen molar-refractivity contribution in [1.29, 1.82) is 0 Å². The smallest absolute Gasteiger partial charge is 0.252 e. The normalized spacial score (nSPS) is 28.5. The molecule has 1 aromatic heterocycles. The maximum Gasteiger partial charge on any atom is 0.252 e. The SMILES string of the molecule is CCCCN1C(=O)[C@@H]2C[C@@H](O)CN2C2(CN(Cc3cccnc3)C2)C1=O. The van der Waals surface area contributed by atoms with Crippen molar-refractivity contribution >= 4 is 11.8 Å². The minimum Gasteiger partial charge on any atom is -0.392 e. The molecule has 0 aromatic carbocycles. The molecule has 0 unspecified atom stereocenters. The van der Waals surface area contributed by atoms with E-state index in [0.29, 0.717) is 32.6 Å². The van der Waals surface area contributed by atoms with Crippen LogP contribution in [-0.4, -0.2) is 80.5 Å². The highest BCUT2D eigenvalue weighted by Gasteiger charge is 2.63. The number of pyridine rings is 1. The quantitative estimate of drug-likeness (QED) is 0.760. The minimum atomic E-state index is -0.661. The number of likely N-dealkylation sites (tertiary alicyclic amines) is 1. The van der Waals surface area contributed by atoms with Crippen molar-refractivity contribution in [1.82, 2.24) is 19.7 Å². The standard InChI is InChI=1S/C19H26N4O3/c1-2-3-7-22-17(25)16-8-15(24)11-23(16)19(18(22)26)12-21(13-19)10-14-5-4-6-20-9-14/h4-6,9,15-16,24H,2-3,7-8,10-13H2,1H3/t15-,16+/m1/s1. The largest absolute Gasteiger partial charge is 0.392 e. The van der Waals surface area contributed by atoms with Crippen LogP contribution in [0.2, 0.25) is 0 Å². The van der Waals surface area contributed by atoms with Crippen molar-refractivity contribution in [3.63, 3.8) is 0 Å². The van der Waals surface area contributed by atoms with Crippen molar-refractivity contribution in [3.05, 3.63) is 30.1 Å². The van der Waals surface area contributed by atoms with Gasteiger partial charge >= 0.3 is 0 Å². The van der Waals surface area contributed by atoms with Gasteiger partial charge in [0.15, 0.2) is 0 Å². The molecule has 2 amide bonds. The molecular weight excluding hydrogens is 332 g/mol. The summed E-state index contributed by atoms with van der Waals surface area (Å²) in [6.45, 7) is 4.88. The third-order valence-corrected chi connectivity index (χ3v) is 5.86. The summed E-state index contributed by atoms with van der Waals surface area (Å²) in [5, 5.41) is 10.1. The lowest BCUT2D eigenvalue weighted by atomic mass is 9.82. The van der Waals surface area contributed by atoms with Crippen LogP contribution in [0.4, 0.5) is 0 Å². The Morgan fingerprint density at radius 1 is 1.35 bits per heavy atom. The van der Waals surface area contributed by atoms with Gasteiger partial charge < -0.3 is 5.11 Å². The van der Waals surface area contributed by atoms with Crippen LogP contribution in [0.1, 0.15) is 31.7 Å². The van der Waals surface area contributed by atoms with E-state index in [1.54, 1.807) is 6.20 Å². The van der Waals surface area contributed by atoms with E-state index in [-0.39, 0.29) is 17.9 Å². The molecule has 140 valence electrons. The monoisotopic (exact) mass is 358 g/mol. The first-order chi connectivity index (χ1) is 12.5. The van der Waals surface area contributed by atoms with E-state index in [9.17, 15) is 14.7 Å². The predicted octanol–water partition coefficient (Wildman–Crippen LogP) is 0.240. The van der Waals surface area contributed by atoms with E-state index in [0.717, 1.165) is 24.9 Å². The highest BCUT2D eigenvalue weighted by molar-refractivity contribution is 6.06. The van der Waals surface area contributed by atoms with Gasteiger partial charge in [-0.15, -0.1) is 0 Å². The summed E-state index contributed by atoms with van der Waals surface area (Å²) in [5.41, 5.74) is 0.453. The second-order valence-corrected chi connectivity index (χ2v) is 7.74. The number of imide groups is 1. The third kappa shape index (κ3) is 2.74. The van der Waals surface area contributed by atoms with Gasteiger partial charge in [-0.2, -0.15) is 0 Å². The van der Waals surface area contributed by atoms with Crippen molar-refractivity contribution < 1.29 is 14.7 Å². The first-order valence-corrected chi connectivity index (χ1v) is 9.47. The number of aliphatic hydroxyl groups excluding tert-OH is 1. The van der Waals surface area contributed by atoms with E-state index >= 15 is 0 Å². The van der Waals surface area contributed by atoms with Gasteiger partial charge in [0.25, 0.3) is 5.91 Å². The number of carbonyl (C=O) groups excluding carboxylic acids is 2.